The fourth-order valence-corrected chi connectivity index (χ4v) is 4.68. The van der Waals surface area contributed by atoms with Crippen molar-refractivity contribution in [1.82, 2.24) is 15.5 Å². The maximum atomic E-state index is 12.1. The summed E-state index contributed by atoms with van der Waals surface area (Å²) in [6.45, 7) is 5.02. The first-order chi connectivity index (χ1) is 14.5. The second-order valence-electron chi connectivity index (χ2n) is 8.36. The van der Waals surface area contributed by atoms with Gasteiger partial charge in [-0.05, 0) is 6.42 Å². The molecule has 0 aromatic heterocycles. The number of aliphatic hydroxyl groups excluding tert-OH is 2. The molecule has 31 heavy (non-hydrogen) atoms. The molecular formula is C20H31N3O7S. The van der Waals surface area contributed by atoms with Gasteiger partial charge in [-0.25, -0.2) is 4.79 Å². The average molecular weight is 458 g/mol. The molecule has 0 bridgehead atoms. The van der Waals surface area contributed by atoms with E-state index in [-0.39, 0.29) is 49.0 Å². The highest BCUT2D eigenvalue weighted by Gasteiger charge is 2.54. The van der Waals surface area contributed by atoms with Gasteiger partial charge >= 0.3 is 5.97 Å². The van der Waals surface area contributed by atoms with Crippen molar-refractivity contribution in [3.05, 3.63) is 10.6 Å². The van der Waals surface area contributed by atoms with E-state index in [1.165, 1.54) is 16.7 Å². The summed E-state index contributed by atoms with van der Waals surface area (Å²) in [6.07, 6.45) is -0.145. The Morgan fingerprint density at radius 3 is 2.52 bits per heavy atom. The monoisotopic (exact) mass is 457 g/mol. The summed E-state index contributed by atoms with van der Waals surface area (Å²) in [6, 6.07) is -0.0736. The highest BCUT2D eigenvalue weighted by molar-refractivity contribution is 8.03. The molecule has 0 aromatic rings. The van der Waals surface area contributed by atoms with Gasteiger partial charge in [0.25, 0.3) is 0 Å². The van der Waals surface area contributed by atoms with Gasteiger partial charge in [-0.15, -0.1) is 11.8 Å². The third kappa shape index (κ3) is 5.58. The molecular weight excluding hydrogens is 426 g/mol. The van der Waals surface area contributed by atoms with Crippen LogP contribution in [0.15, 0.2) is 10.6 Å². The number of hydrogen-bond acceptors (Lipinski definition) is 7. The Bertz CT molecular complexity index is 768. The van der Waals surface area contributed by atoms with Crippen LogP contribution in [-0.2, 0) is 19.2 Å². The van der Waals surface area contributed by atoms with Crippen molar-refractivity contribution in [2.45, 2.75) is 52.2 Å². The molecule has 0 aromatic carbocycles. The van der Waals surface area contributed by atoms with Crippen molar-refractivity contribution in [2.75, 3.05) is 25.4 Å². The number of aliphatic hydroxyl groups is 2. The number of amides is 3. The Kier molecular flexibility index (Phi) is 8.49. The lowest BCUT2D eigenvalue weighted by Gasteiger charge is -2.42. The van der Waals surface area contributed by atoms with Gasteiger partial charge in [-0.1, -0.05) is 20.8 Å². The van der Waals surface area contributed by atoms with E-state index in [0.717, 1.165) is 0 Å². The van der Waals surface area contributed by atoms with Crippen LogP contribution in [0.3, 0.4) is 0 Å². The number of carboxylic acid groups (broad SMARTS) is 1. The van der Waals surface area contributed by atoms with Crippen LogP contribution in [0.2, 0.25) is 0 Å². The summed E-state index contributed by atoms with van der Waals surface area (Å²) < 4.78 is 0. The first kappa shape index (κ1) is 25.2. The van der Waals surface area contributed by atoms with Gasteiger partial charge in [0, 0.05) is 42.0 Å². The zero-order chi connectivity index (χ0) is 23.3. The third-order valence-electron chi connectivity index (χ3n) is 5.64. The van der Waals surface area contributed by atoms with E-state index in [4.69, 9.17) is 0 Å². The van der Waals surface area contributed by atoms with Crippen LogP contribution in [0.5, 0.6) is 0 Å². The highest BCUT2D eigenvalue weighted by atomic mass is 32.2. The predicted molar refractivity (Wildman–Crippen MR) is 114 cm³/mol. The zero-order valence-corrected chi connectivity index (χ0v) is 18.8. The van der Waals surface area contributed by atoms with Gasteiger partial charge in [0.05, 0.1) is 18.6 Å². The molecule has 2 aliphatic rings. The number of nitrogens with one attached hydrogen (secondary N) is 2. The van der Waals surface area contributed by atoms with Crippen LogP contribution in [0.1, 0.15) is 40.0 Å². The largest absolute Gasteiger partial charge is 0.477 e. The number of thioether (sulfide) groups is 1. The molecule has 5 N–H and O–H groups in total. The fraction of sp³-hybridized carbons (Fsp3) is 0.700. The third-order valence-corrected chi connectivity index (χ3v) is 6.76. The molecule has 174 valence electrons. The number of carbonyl (C=O) groups excluding carboxylic acids is 3. The zero-order valence-electron chi connectivity index (χ0n) is 18.0. The second-order valence-corrected chi connectivity index (χ2v) is 9.55. The quantitative estimate of drug-likeness (QED) is 0.197. The Balaban J connectivity index is 1.71. The van der Waals surface area contributed by atoms with Gasteiger partial charge in [-0.2, -0.15) is 0 Å². The lowest BCUT2D eigenvalue weighted by atomic mass is 9.85. The molecule has 0 aliphatic carbocycles. The average Bonchev–Trinajstić information content (AvgIpc) is 3.05. The number of carbonyl (C=O) groups is 4. The molecule has 11 heteroatoms. The van der Waals surface area contributed by atoms with Crippen molar-refractivity contribution in [3.63, 3.8) is 0 Å². The minimum absolute atomic E-state index is 0.0221. The van der Waals surface area contributed by atoms with Crippen molar-refractivity contribution < 1.29 is 34.5 Å². The summed E-state index contributed by atoms with van der Waals surface area (Å²) in [7, 11) is 0. The Hall–Kier alpha value is -2.11. The van der Waals surface area contributed by atoms with E-state index in [1.54, 1.807) is 13.8 Å². The lowest BCUT2D eigenvalue weighted by Crippen LogP contribution is -2.58. The smallest absolute Gasteiger partial charge is 0.353 e. The van der Waals surface area contributed by atoms with Crippen LogP contribution in [0.4, 0.5) is 0 Å². The highest BCUT2D eigenvalue weighted by Crippen LogP contribution is 2.46. The summed E-state index contributed by atoms with van der Waals surface area (Å²) in [5, 5.41) is 33.7. The standard InChI is InChI=1S/C20H31N3O7S/c1-4-11-12-9-13(15(19(29)30)23(12)18(11)28)31-8-7-21-14(25)5-6-22-17(27)16(26)20(2,3)10-24/h11-12,16,24,26H,4-10H2,1-3H3,(H,21,25)(H,22,27)(H,29,30). The van der Waals surface area contributed by atoms with Crippen molar-refractivity contribution in [1.29, 1.82) is 0 Å². The number of β-lactam (4-membered cyclic amide) rings is 1. The number of carboxylic acids is 1. The molecule has 10 nitrogen and oxygen atoms in total. The summed E-state index contributed by atoms with van der Waals surface area (Å²) in [5.74, 6) is -1.85. The normalized spacial score (nSPS) is 21.5. The first-order valence-corrected chi connectivity index (χ1v) is 11.3. The minimum Gasteiger partial charge on any atom is -0.477 e. The summed E-state index contributed by atoms with van der Waals surface area (Å²) in [5.41, 5.74) is -0.923. The Labute approximate surface area is 185 Å². The van der Waals surface area contributed by atoms with E-state index in [9.17, 15) is 34.5 Å². The number of aliphatic carboxylic acids is 1. The van der Waals surface area contributed by atoms with Crippen LogP contribution in [0, 0.1) is 11.3 Å². The topological polar surface area (TPSA) is 156 Å². The van der Waals surface area contributed by atoms with E-state index < -0.39 is 23.4 Å². The number of nitrogens with zero attached hydrogens (tertiary/aromatic N) is 1. The number of rotatable bonds is 12. The molecule has 0 radical (unpaired) electrons. The van der Waals surface area contributed by atoms with Gasteiger partial charge in [0.15, 0.2) is 0 Å². The number of hydrogen-bond donors (Lipinski definition) is 5. The van der Waals surface area contributed by atoms with Gasteiger partial charge < -0.3 is 30.9 Å². The fourth-order valence-electron chi connectivity index (χ4n) is 3.62. The van der Waals surface area contributed by atoms with Crippen molar-refractivity contribution in [2.24, 2.45) is 11.3 Å². The second kappa shape index (κ2) is 10.5. The molecule has 2 aliphatic heterocycles. The maximum absolute atomic E-state index is 12.1. The van der Waals surface area contributed by atoms with Gasteiger partial charge in [-0.3, -0.25) is 14.4 Å². The molecule has 3 unspecified atom stereocenters. The van der Waals surface area contributed by atoms with Gasteiger partial charge in [0.1, 0.15) is 11.8 Å². The molecule has 1 fully saturated rings. The molecule has 3 atom stereocenters. The lowest BCUT2D eigenvalue weighted by molar-refractivity contribution is -0.155. The summed E-state index contributed by atoms with van der Waals surface area (Å²) in [4.78, 5) is 49.5. The molecule has 2 heterocycles. The Morgan fingerprint density at radius 1 is 1.26 bits per heavy atom. The summed E-state index contributed by atoms with van der Waals surface area (Å²) >= 11 is 1.33. The number of fused-ring (bicyclic) bond motifs is 1. The van der Waals surface area contributed by atoms with Gasteiger partial charge in [0.2, 0.25) is 17.7 Å². The molecule has 3 amide bonds. The van der Waals surface area contributed by atoms with E-state index in [1.807, 2.05) is 6.92 Å². The van der Waals surface area contributed by atoms with Crippen LogP contribution < -0.4 is 10.6 Å². The van der Waals surface area contributed by atoms with Crippen molar-refractivity contribution >= 4 is 35.5 Å². The molecule has 1 saturated heterocycles. The molecule has 2 rings (SSSR count). The Morgan fingerprint density at radius 2 is 1.94 bits per heavy atom. The van der Waals surface area contributed by atoms with E-state index in [0.29, 0.717) is 30.0 Å². The van der Waals surface area contributed by atoms with E-state index in [2.05, 4.69) is 10.6 Å². The van der Waals surface area contributed by atoms with Crippen molar-refractivity contribution in [3.8, 4) is 0 Å². The predicted octanol–water partition coefficient (Wildman–Crippen LogP) is -0.342. The molecule has 0 spiro atoms. The minimum atomic E-state index is -1.38. The van der Waals surface area contributed by atoms with E-state index >= 15 is 0 Å². The SMILES string of the molecule is CCC1C(=O)N2C(C(=O)O)=C(SCCNC(=O)CCNC(=O)C(O)C(C)(C)CO)CC12. The first-order valence-electron chi connectivity index (χ1n) is 10.3. The van der Waals surface area contributed by atoms with Crippen LogP contribution in [-0.4, -0.2) is 81.5 Å². The maximum Gasteiger partial charge on any atom is 0.353 e. The molecule has 0 saturated carbocycles. The van der Waals surface area contributed by atoms with Crippen LogP contribution in [0.25, 0.3) is 0 Å². The van der Waals surface area contributed by atoms with Crippen LogP contribution >= 0.6 is 11.8 Å².